The summed E-state index contributed by atoms with van der Waals surface area (Å²) in [5.74, 6) is 0. The van der Waals surface area contributed by atoms with E-state index in [2.05, 4.69) is 4.90 Å². The Morgan fingerprint density at radius 2 is 2.54 bits per heavy atom. The molecule has 1 aliphatic heterocycles. The molecule has 0 radical (unpaired) electrons. The zero-order valence-corrected chi connectivity index (χ0v) is 8.63. The smallest absolute Gasteiger partial charge is 0.133 e. The van der Waals surface area contributed by atoms with Crippen LogP contribution in [-0.2, 0) is 4.74 Å². The van der Waals surface area contributed by atoms with Crippen molar-refractivity contribution in [1.82, 2.24) is 4.90 Å². The average Bonchev–Trinajstić information content (AvgIpc) is 2.18. The molecule has 2 atom stereocenters. The summed E-state index contributed by atoms with van der Waals surface area (Å²) >= 11 is 5.75. The predicted octanol–water partition coefficient (Wildman–Crippen LogP) is 1.23. The van der Waals surface area contributed by atoms with Crippen LogP contribution in [0.5, 0.6) is 0 Å². The Kier molecular flexibility index (Phi) is 4.51. The first-order valence-corrected chi connectivity index (χ1v) is 4.98. The standard InChI is InChI=1S/C9H15ClN2O/c1-13-9-3-2-4-12(7-9)6-8(10)5-11/h8-9H,2-4,6-7H2,1H3. The first kappa shape index (κ1) is 10.8. The molecule has 0 N–H and O–H groups in total. The third-order valence-corrected chi connectivity index (χ3v) is 2.59. The van der Waals surface area contributed by atoms with Gasteiger partial charge in [0.15, 0.2) is 0 Å². The Labute approximate surface area is 84.2 Å². The number of piperidine rings is 1. The first-order valence-electron chi connectivity index (χ1n) is 4.55. The molecule has 0 aliphatic carbocycles. The molecular weight excluding hydrogens is 188 g/mol. The Bertz CT molecular complexity index is 193. The molecule has 0 bridgehead atoms. The van der Waals surface area contributed by atoms with Crippen molar-refractivity contribution in [3.63, 3.8) is 0 Å². The summed E-state index contributed by atoms with van der Waals surface area (Å²) in [5.41, 5.74) is 0. The lowest BCUT2D eigenvalue weighted by Gasteiger charge is -2.31. The fourth-order valence-electron chi connectivity index (χ4n) is 1.64. The average molecular weight is 203 g/mol. The van der Waals surface area contributed by atoms with E-state index in [1.54, 1.807) is 7.11 Å². The largest absolute Gasteiger partial charge is 0.380 e. The van der Waals surface area contributed by atoms with E-state index in [4.69, 9.17) is 21.6 Å². The van der Waals surface area contributed by atoms with E-state index >= 15 is 0 Å². The van der Waals surface area contributed by atoms with E-state index in [1.165, 1.54) is 0 Å². The molecule has 74 valence electrons. The molecule has 0 aromatic heterocycles. The van der Waals surface area contributed by atoms with Gasteiger partial charge in [0.25, 0.3) is 0 Å². The number of halogens is 1. The number of hydrogen-bond donors (Lipinski definition) is 0. The third-order valence-electron chi connectivity index (χ3n) is 2.35. The van der Waals surface area contributed by atoms with Crippen molar-refractivity contribution in [3.05, 3.63) is 0 Å². The second-order valence-electron chi connectivity index (χ2n) is 3.36. The number of hydrogen-bond acceptors (Lipinski definition) is 3. The minimum atomic E-state index is -0.393. The van der Waals surface area contributed by atoms with Crippen LogP contribution in [0.15, 0.2) is 0 Å². The van der Waals surface area contributed by atoms with Crippen LogP contribution in [-0.4, -0.2) is 43.1 Å². The highest BCUT2D eigenvalue weighted by Crippen LogP contribution is 2.13. The number of rotatable bonds is 3. The molecule has 0 aromatic rings. The Morgan fingerprint density at radius 3 is 3.15 bits per heavy atom. The number of nitriles is 1. The van der Waals surface area contributed by atoms with Gasteiger partial charge in [0.05, 0.1) is 12.2 Å². The highest BCUT2D eigenvalue weighted by atomic mass is 35.5. The number of nitrogens with zero attached hydrogens (tertiary/aromatic N) is 2. The molecule has 1 aliphatic rings. The lowest BCUT2D eigenvalue weighted by Crippen LogP contribution is -2.41. The molecule has 1 heterocycles. The summed E-state index contributed by atoms with van der Waals surface area (Å²) in [4.78, 5) is 2.19. The number of methoxy groups -OCH3 is 1. The first-order chi connectivity index (χ1) is 6.26. The van der Waals surface area contributed by atoms with Crippen molar-refractivity contribution in [1.29, 1.82) is 5.26 Å². The molecular formula is C9H15ClN2O. The molecule has 2 unspecified atom stereocenters. The number of alkyl halides is 1. The summed E-state index contributed by atoms with van der Waals surface area (Å²) in [6.07, 6.45) is 2.57. The van der Waals surface area contributed by atoms with Gasteiger partial charge in [-0.15, -0.1) is 11.6 Å². The van der Waals surface area contributed by atoms with Gasteiger partial charge in [-0.2, -0.15) is 5.26 Å². The molecule has 13 heavy (non-hydrogen) atoms. The minimum absolute atomic E-state index is 0.316. The summed E-state index contributed by atoms with van der Waals surface area (Å²) in [7, 11) is 1.73. The number of likely N-dealkylation sites (tertiary alicyclic amines) is 1. The maximum absolute atomic E-state index is 8.55. The van der Waals surface area contributed by atoms with E-state index < -0.39 is 5.38 Å². The normalized spacial score (nSPS) is 26.7. The zero-order valence-electron chi connectivity index (χ0n) is 7.87. The Balaban J connectivity index is 2.30. The summed E-state index contributed by atoms with van der Waals surface area (Å²) in [6, 6.07) is 2.03. The van der Waals surface area contributed by atoms with Gasteiger partial charge >= 0.3 is 0 Å². The quantitative estimate of drug-likeness (QED) is 0.646. The summed E-state index contributed by atoms with van der Waals surface area (Å²) in [6.45, 7) is 2.59. The van der Waals surface area contributed by atoms with Gasteiger partial charge in [-0.05, 0) is 19.4 Å². The fraction of sp³-hybridized carbons (Fsp3) is 0.889. The summed E-state index contributed by atoms with van der Waals surface area (Å²) < 4.78 is 5.27. The fourth-order valence-corrected chi connectivity index (χ4v) is 1.83. The second kappa shape index (κ2) is 5.43. The zero-order chi connectivity index (χ0) is 9.68. The third kappa shape index (κ3) is 3.51. The van der Waals surface area contributed by atoms with Gasteiger partial charge in [-0.3, -0.25) is 4.90 Å². The van der Waals surface area contributed by atoms with Crippen molar-refractivity contribution in [2.24, 2.45) is 0 Å². The highest BCUT2D eigenvalue weighted by molar-refractivity contribution is 6.22. The van der Waals surface area contributed by atoms with Crippen LogP contribution >= 0.6 is 11.6 Å². The Morgan fingerprint density at radius 1 is 1.77 bits per heavy atom. The summed E-state index contributed by atoms with van der Waals surface area (Å²) in [5, 5.41) is 8.16. The second-order valence-corrected chi connectivity index (χ2v) is 3.88. The van der Waals surface area contributed by atoms with Crippen molar-refractivity contribution >= 4 is 11.6 Å². The lowest BCUT2D eigenvalue weighted by molar-refractivity contribution is 0.0325. The Hall–Kier alpha value is -0.300. The SMILES string of the molecule is COC1CCCN(CC(Cl)C#N)C1. The van der Waals surface area contributed by atoms with Crippen LogP contribution in [0.3, 0.4) is 0 Å². The van der Waals surface area contributed by atoms with Crippen LogP contribution in [0.1, 0.15) is 12.8 Å². The minimum Gasteiger partial charge on any atom is -0.380 e. The van der Waals surface area contributed by atoms with E-state index in [9.17, 15) is 0 Å². The molecule has 0 saturated carbocycles. The van der Waals surface area contributed by atoms with Gasteiger partial charge < -0.3 is 4.74 Å². The van der Waals surface area contributed by atoms with E-state index in [0.717, 1.165) is 25.9 Å². The molecule has 0 spiro atoms. The maximum atomic E-state index is 8.55. The van der Waals surface area contributed by atoms with Gasteiger partial charge in [-0.1, -0.05) is 0 Å². The molecule has 0 aromatic carbocycles. The molecule has 1 rings (SSSR count). The number of ether oxygens (including phenoxy) is 1. The molecule has 0 amide bonds. The molecule has 1 fully saturated rings. The maximum Gasteiger partial charge on any atom is 0.133 e. The predicted molar refractivity (Wildman–Crippen MR) is 51.7 cm³/mol. The highest BCUT2D eigenvalue weighted by Gasteiger charge is 2.20. The van der Waals surface area contributed by atoms with E-state index in [-0.39, 0.29) is 0 Å². The monoisotopic (exact) mass is 202 g/mol. The van der Waals surface area contributed by atoms with Crippen LogP contribution in [0.4, 0.5) is 0 Å². The topological polar surface area (TPSA) is 36.3 Å². The molecule has 4 heteroatoms. The van der Waals surface area contributed by atoms with Crippen molar-refractivity contribution in [3.8, 4) is 6.07 Å². The van der Waals surface area contributed by atoms with Gasteiger partial charge in [-0.25, -0.2) is 0 Å². The van der Waals surface area contributed by atoms with Crippen LogP contribution in [0.25, 0.3) is 0 Å². The van der Waals surface area contributed by atoms with Gasteiger partial charge in [0.1, 0.15) is 5.38 Å². The van der Waals surface area contributed by atoms with Crippen molar-refractivity contribution in [2.75, 3.05) is 26.7 Å². The van der Waals surface area contributed by atoms with E-state index in [1.807, 2.05) is 6.07 Å². The lowest BCUT2D eigenvalue weighted by atomic mass is 10.1. The van der Waals surface area contributed by atoms with Gasteiger partial charge in [0, 0.05) is 20.2 Å². The molecule has 1 saturated heterocycles. The van der Waals surface area contributed by atoms with Gasteiger partial charge in [0.2, 0.25) is 0 Å². The van der Waals surface area contributed by atoms with Crippen molar-refractivity contribution in [2.45, 2.75) is 24.3 Å². The van der Waals surface area contributed by atoms with E-state index in [0.29, 0.717) is 12.6 Å². The molecule has 3 nitrogen and oxygen atoms in total. The van der Waals surface area contributed by atoms with Crippen LogP contribution in [0.2, 0.25) is 0 Å². The van der Waals surface area contributed by atoms with Crippen molar-refractivity contribution < 1.29 is 4.74 Å². The van der Waals surface area contributed by atoms with Crippen LogP contribution in [0, 0.1) is 11.3 Å². The van der Waals surface area contributed by atoms with Crippen LogP contribution < -0.4 is 0 Å².